The molecule has 0 spiro atoms. The van der Waals surface area contributed by atoms with Gasteiger partial charge in [0.25, 0.3) is 0 Å². The number of aromatic nitrogens is 2. The summed E-state index contributed by atoms with van der Waals surface area (Å²) in [7, 11) is 0. The van der Waals surface area contributed by atoms with E-state index in [2.05, 4.69) is 33.7 Å². The molecule has 1 aliphatic carbocycles. The lowest BCUT2D eigenvalue weighted by Crippen LogP contribution is -2.31. The number of nitrogens with zero attached hydrogens (tertiary/aromatic N) is 2. The Morgan fingerprint density at radius 3 is 3.00 bits per heavy atom. The van der Waals surface area contributed by atoms with Gasteiger partial charge in [-0.05, 0) is 24.0 Å². The molecule has 1 aromatic heterocycles. The predicted octanol–water partition coefficient (Wildman–Crippen LogP) is 2.23. The number of nitrogens with one attached hydrogen (secondary N) is 2. The molecule has 1 aromatic carbocycles. The number of rotatable bonds is 4. The summed E-state index contributed by atoms with van der Waals surface area (Å²) in [6.45, 7) is 1.13. The average Bonchev–Trinajstić information content (AvgIpc) is 3.34. The zero-order valence-corrected chi connectivity index (χ0v) is 13.9. The lowest BCUT2D eigenvalue weighted by molar-refractivity contribution is -0.129. The van der Waals surface area contributed by atoms with E-state index < -0.39 is 0 Å². The molecule has 25 heavy (non-hydrogen) atoms. The summed E-state index contributed by atoms with van der Waals surface area (Å²) in [6, 6.07) is 8.24. The SMILES string of the molecule is O=C(Nc1cn[nH]c1)C1CCN(C(=O)CC2=Cc3ccccc3C2)C1. The Morgan fingerprint density at radius 2 is 2.20 bits per heavy atom. The lowest BCUT2D eigenvalue weighted by Gasteiger charge is -2.16. The Kier molecular flexibility index (Phi) is 4.09. The van der Waals surface area contributed by atoms with E-state index in [4.69, 9.17) is 0 Å². The van der Waals surface area contributed by atoms with Crippen molar-refractivity contribution < 1.29 is 9.59 Å². The predicted molar refractivity (Wildman–Crippen MR) is 94.6 cm³/mol. The first-order valence-electron chi connectivity index (χ1n) is 8.54. The number of anilines is 1. The van der Waals surface area contributed by atoms with E-state index in [9.17, 15) is 9.59 Å². The molecular weight excluding hydrogens is 316 g/mol. The average molecular weight is 336 g/mol. The van der Waals surface area contributed by atoms with Gasteiger partial charge in [0.2, 0.25) is 11.8 Å². The lowest BCUT2D eigenvalue weighted by atomic mass is 10.1. The molecule has 0 radical (unpaired) electrons. The number of fused-ring (bicyclic) bond motifs is 1. The topological polar surface area (TPSA) is 78.1 Å². The van der Waals surface area contributed by atoms with Crippen LogP contribution in [0.3, 0.4) is 0 Å². The van der Waals surface area contributed by atoms with E-state index in [-0.39, 0.29) is 17.7 Å². The molecule has 2 N–H and O–H groups in total. The maximum atomic E-state index is 12.6. The minimum atomic E-state index is -0.159. The highest BCUT2D eigenvalue weighted by Gasteiger charge is 2.31. The van der Waals surface area contributed by atoms with Crippen molar-refractivity contribution >= 4 is 23.6 Å². The monoisotopic (exact) mass is 336 g/mol. The zero-order valence-electron chi connectivity index (χ0n) is 13.9. The fourth-order valence-electron chi connectivity index (χ4n) is 3.54. The van der Waals surface area contributed by atoms with Gasteiger partial charge in [-0.15, -0.1) is 0 Å². The third-order valence-corrected chi connectivity index (χ3v) is 4.89. The summed E-state index contributed by atoms with van der Waals surface area (Å²) >= 11 is 0. The number of amides is 2. The van der Waals surface area contributed by atoms with Gasteiger partial charge in [-0.3, -0.25) is 14.7 Å². The highest BCUT2D eigenvalue weighted by atomic mass is 16.2. The summed E-state index contributed by atoms with van der Waals surface area (Å²) < 4.78 is 0. The maximum Gasteiger partial charge on any atom is 0.229 e. The van der Waals surface area contributed by atoms with Crippen LogP contribution in [0.2, 0.25) is 0 Å². The highest BCUT2D eigenvalue weighted by Crippen LogP contribution is 2.28. The second-order valence-electron chi connectivity index (χ2n) is 6.66. The van der Waals surface area contributed by atoms with Crippen LogP contribution in [0.15, 0.2) is 42.2 Å². The van der Waals surface area contributed by atoms with E-state index >= 15 is 0 Å². The molecule has 6 nitrogen and oxygen atoms in total. The van der Waals surface area contributed by atoms with Gasteiger partial charge in [0.15, 0.2) is 0 Å². The van der Waals surface area contributed by atoms with Crippen molar-refractivity contribution in [2.24, 2.45) is 5.92 Å². The second kappa shape index (κ2) is 6.55. The Labute approximate surface area is 145 Å². The van der Waals surface area contributed by atoms with Crippen LogP contribution in [0.25, 0.3) is 6.08 Å². The van der Waals surface area contributed by atoms with Gasteiger partial charge >= 0.3 is 0 Å². The fourth-order valence-corrected chi connectivity index (χ4v) is 3.54. The molecule has 1 atom stereocenters. The quantitative estimate of drug-likeness (QED) is 0.899. The van der Waals surface area contributed by atoms with Crippen LogP contribution in [-0.2, 0) is 16.0 Å². The molecule has 1 unspecified atom stereocenters. The Hall–Kier alpha value is -2.89. The van der Waals surface area contributed by atoms with Crippen molar-refractivity contribution in [3.63, 3.8) is 0 Å². The van der Waals surface area contributed by atoms with Gasteiger partial charge in [0, 0.05) is 25.7 Å². The van der Waals surface area contributed by atoms with Gasteiger partial charge < -0.3 is 10.2 Å². The van der Waals surface area contributed by atoms with Gasteiger partial charge in [-0.2, -0.15) is 5.10 Å². The zero-order chi connectivity index (χ0) is 17.2. The van der Waals surface area contributed by atoms with E-state index in [1.165, 1.54) is 11.1 Å². The van der Waals surface area contributed by atoms with Crippen molar-refractivity contribution in [3.05, 3.63) is 53.4 Å². The minimum Gasteiger partial charge on any atom is -0.342 e. The first kappa shape index (κ1) is 15.6. The minimum absolute atomic E-state index is 0.0517. The van der Waals surface area contributed by atoms with Crippen LogP contribution >= 0.6 is 0 Å². The first-order chi connectivity index (χ1) is 12.2. The normalized spacial score (nSPS) is 18.8. The van der Waals surface area contributed by atoms with Crippen molar-refractivity contribution in [3.8, 4) is 0 Å². The van der Waals surface area contributed by atoms with Gasteiger partial charge in [-0.25, -0.2) is 0 Å². The molecule has 1 saturated heterocycles. The molecule has 2 heterocycles. The largest absolute Gasteiger partial charge is 0.342 e. The first-order valence-corrected chi connectivity index (χ1v) is 8.54. The third-order valence-electron chi connectivity index (χ3n) is 4.89. The maximum absolute atomic E-state index is 12.6. The number of H-pyrrole nitrogens is 1. The number of hydrogen-bond donors (Lipinski definition) is 2. The number of carbonyl (C=O) groups is 2. The summed E-state index contributed by atoms with van der Waals surface area (Å²) in [6.07, 6.45) is 7.31. The number of carbonyl (C=O) groups excluding carboxylic acids is 2. The third kappa shape index (κ3) is 3.33. The summed E-state index contributed by atoms with van der Waals surface area (Å²) in [5.74, 6) is -0.101. The molecule has 2 amide bonds. The number of aromatic amines is 1. The molecule has 2 aliphatic rings. The summed E-state index contributed by atoms with van der Waals surface area (Å²) in [4.78, 5) is 26.7. The molecular formula is C19H20N4O2. The van der Waals surface area contributed by atoms with E-state index in [1.807, 2.05) is 17.0 Å². The molecule has 0 saturated carbocycles. The van der Waals surface area contributed by atoms with Crippen LogP contribution in [0.4, 0.5) is 5.69 Å². The Bertz CT molecular complexity index is 826. The smallest absolute Gasteiger partial charge is 0.229 e. The molecule has 128 valence electrons. The van der Waals surface area contributed by atoms with Crippen LogP contribution in [0, 0.1) is 5.92 Å². The van der Waals surface area contributed by atoms with Crippen molar-refractivity contribution in [1.29, 1.82) is 0 Å². The Morgan fingerprint density at radius 1 is 1.32 bits per heavy atom. The van der Waals surface area contributed by atoms with E-state index in [0.717, 1.165) is 12.0 Å². The van der Waals surface area contributed by atoms with Crippen molar-refractivity contribution in [2.45, 2.75) is 19.3 Å². The van der Waals surface area contributed by atoms with Crippen LogP contribution in [0.1, 0.15) is 24.0 Å². The summed E-state index contributed by atoms with van der Waals surface area (Å²) in [5, 5.41) is 9.30. The molecule has 6 heteroatoms. The molecule has 0 bridgehead atoms. The van der Waals surface area contributed by atoms with Crippen molar-refractivity contribution in [1.82, 2.24) is 15.1 Å². The van der Waals surface area contributed by atoms with Crippen LogP contribution < -0.4 is 5.32 Å². The molecule has 1 aliphatic heterocycles. The summed E-state index contributed by atoms with van der Waals surface area (Å²) in [5.41, 5.74) is 4.30. The van der Waals surface area contributed by atoms with Gasteiger partial charge in [0.05, 0.1) is 17.8 Å². The molecule has 4 rings (SSSR count). The Balaban J connectivity index is 1.31. The van der Waals surface area contributed by atoms with Crippen LogP contribution in [0.5, 0.6) is 0 Å². The molecule has 1 fully saturated rings. The fraction of sp³-hybridized carbons (Fsp3) is 0.316. The number of benzene rings is 1. The van der Waals surface area contributed by atoms with E-state index in [1.54, 1.807) is 12.4 Å². The highest BCUT2D eigenvalue weighted by molar-refractivity contribution is 5.93. The number of likely N-dealkylation sites (tertiary alicyclic amines) is 1. The van der Waals surface area contributed by atoms with Crippen molar-refractivity contribution in [2.75, 3.05) is 18.4 Å². The van der Waals surface area contributed by atoms with Crippen LogP contribution in [-0.4, -0.2) is 40.0 Å². The standard InChI is InChI=1S/C19H20N4O2/c24-18(9-13-7-14-3-1-2-4-15(14)8-13)23-6-5-16(12-23)19(25)22-17-10-20-21-11-17/h1-4,7,10-11,16H,5-6,8-9,12H2,(H,20,21)(H,22,25). The van der Waals surface area contributed by atoms with E-state index in [0.29, 0.717) is 31.6 Å². The second-order valence-corrected chi connectivity index (χ2v) is 6.66. The molecule has 2 aromatic rings. The van der Waals surface area contributed by atoms with Gasteiger partial charge in [-0.1, -0.05) is 35.9 Å². The van der Waals surface area contributed by atoms with Gasteiger partial charge in [0.1, 0.15) is 0 Å². The number of hydrogen-bond acceptors (Lipinski definition) is 3.